The van der Waals surface area contributed by atoms with Gasteiger partial charge in [-0.1, -0.05) is 11.3 Å². The van der Waals surface area contributed by atoms with Gasteiger partial charge in [0.2, 0.25) is 0 Å². The highest BCUT2D eigenvalue weighted by atomic mass is 32.1. The fourth-order valence-electron chi connectivity index (χ4n) is 2.03. The normalized spacial score (nSPS) is 10.9. The van der Waals surface area contributed by atoms with Crippen LogP contribution < -0.4 is 0 Å². The third kappa shape index (κ3) is 2.22. The summed E-state index contributed by atoms with van der Waals surface area (Å²) >= 11 is 1.65. The molecule has 0 amide bonds. The molecule has 0 saturated carbocycles. The third-order valence-corrected chi connectivity index (χ3v) is 3.69. The van der Waals surface area contributed by atoms with Crippen LogP contribution >= 0.6 is 11.3 Å². The number of carbonyl (C=O) groups is 1. The number of rotatable bonds is 4. The summed E-state index contributed by atoms with van der Waals surface area (Å²) < 4.78 is 1.66. The minimum Gasteiger partial charge on any atom is -0.478 e. The number of aromatic carboxylic acids is 1. The average molecular weight is 273 g/mol. The minimum absolute atomic E-state index is 0.243. The summed E-state index contributed by atoms with van der Waals surface area (Å²) in [5.41, 5.74) is 2.67. The maximum Gasteiger partial charge on any atom is 0.337 e. The van der Waals surface area contributed by atoms with Crippen molar-refractivity contribution in [2.75, 3.05) is 0 Å². The lowest BCUT2D eigenvalue weighted by molar-refractivity contribution is 0.0698. The summed E-state index contributed by atoms with van der Waals surface area (Å²) in [5, 5.41) is 21.4. The second kappa shape index (κ2) is 4.81. The zero-order valence-corrected chi connectivity index (χ0v) is 10.8. The van der Waals surface area contributed by atoms with Crippen molar-refractivity contribution in [2.24, 2.45) is 0 Å². The Balaban J connectivity index is 1.97. The van der Waals surface area contributed by atoms with Gasteiger partial charge in [0.15, 0.2) is 0 Å². The Labute approximate surface area is 113 Å². The fraction of sp³-hybridized carbons (Fsp3) is 0.154. The van der Waals surface area contributed by atoms with Crippen LogP contribution in [-0.2, 0) is 13.0 Å². The van der Waals surface area contributed by atoms with E-state index >= 15 is 0 Å². The number of fused-ring (bicyclic) bond motifs is 1. The average Bonchev–Trinajstić information content (AvgIpc) is 3.05. The van der Waals surface area contributed by atoms with Gasteiger partial charge in [-0.2, -0.15) is 11.3 Å². The van der Waals surface area contributed by atoms with Crippen LogP contribution in [0.25, 0.3) is 11.0 Å². The molecule has 96 valence electrons. The lowest BCUT2D eigenvalue weighted by Crippen LogP contribution is -2.07. The smallest absolute Gasteiger partial charge is 0.337 e. The van der Waals surface area contributed by atoms with Gasteiger partial charge in [0.25, 0.3) is 0 Å². The monoisotopic (exact) mass is 273 g/mol. The number of hydrogen-bond acceptors (Lipinski definition) is 4. The summed E-state index contributed by atoms with van der Waals surface area (Å²) in [5.74, 6) is -0.954. The van der Waals surface area contributed by atoms with Crippen LogP contribution in [0.4, 0.5) is 0 Å². The number of carboxylic acid groups (broad SMARTS) is 1. The SMILES string of the molecule is O=C(O)c1cccc2nnn(CCc3ccsc3)c12. The summed E-state index contributed by atoms with van der Waals surface area (Å²) in [4.78, 5) is 11.2. The topological polar surface area (TPSA) is 68.0 Å². The number of carboxylic acids is 1. The number of aromatic nitrogens is 3. The highest BCUT2D eigenvalue weighted by Gasteiger charge is 2.14. The lowest BCUT2D eigenvalue weighted by Gasteiger charge is -2.03. The second-order valence-electron chi connectivity index (χ2n) is 4.17. The highest BCUT2D eigenvalue weighted by molar-refractivity contribution is 7.07. The Hall–Kier alpha value is -2.21. The van der Waals surface area contributed by atoms with Gasteiger partial charge in [0.1, 0.15) is 11.0 Å². The molecule has 0 radical (unpaired) electrons. The molecular formula is C13H11N3O2S. The minimum atomic E-state index is -0.954. The number of thiophene rings is 1. The Bertz CT molecular complexity index is 719. The van der Waals surface area contributed by atoms with E-state index in [9.17, 15) is 9.90 Å². The molecule has 2 aromatic heterocycles. The quantitative estimate of drug-likeness (QED) is 0.792. The molecule has 5 nitrogen and oxygen atoms in total. The van der Waals surface area contributed by atoms with Crippen molar-refractivity contribution >= 4 is 28.3 Å². The molecule has 2 heterocycles. The number of benzene rings is 1. The van der Waals surface area contributed by atoms with Crippen LogP contribution in [0, 0.1) is 0 Å². The second-order valence-corrected chi connectivity index (χ2v) is 4.95. The van der Waals surface area contributed by atoms with Crippen molar-refractivity contribution in [1.29, 1.82) is 0 Å². The Morgan fingerprint density at radius 1 is 1.37 bits per heavy atom. The van der Waals surface area contributed by atoms with E-state index in [1.807, 2.05) is 5.38 Å². The first-order valence-corrected chi connectivity index (χ1v) is 6.76. The maximum atomic E-state index is 11.2. The molecular weight excluding hydrogens is 262 g/mol. The van der Waals surface area contributed by atoms with E-state index in [1.54, 1.807) is 34.2 Å². The standard InChI is InChI=1S/C13H11N3O2S/c17-13(18)10-2-1-3-11-12(10)16(15-14-11)6-4-9-5-7-19-8-9/h1-3,5,7-8H,4,6H2,(H,17,18). The van der Waals surface area contributed by atoms with Crippen molar-refractivity contribution in [1.82, 2.24) is 15.0 Å². The molecule has 1 aromatic carbocycles. The van der Waals surface area contributed by atoms with Crippen molar-refractivity contribution in [3.05, 3.63) is 46.2 Å². The zero-order chi connectivity index (χ0) is 13.2. The molecule has 0 unspecified atom stereocenters. The predicted octanol–water partition coefficient (Wildman–Crippen LogP) is 2.43. The van der Waals surface area contributed by atoms with Gasteiger partial charge < -0.3 is 5.11 Å². The van der Waals surface area contributed by atoms with Crippen molar-refractivity contribution in [3.8, 4) is 0 Å². The fourth-order valence-corrected chi connectivity index (χ4v) is 2.73. The summed E-state index contributed by atoms with van der Waals surface area (Å²) in [6.07, 6.45) is 0.815. The van der Waals surface area contributed by atoms with Gasteiger partial charge in [0, 0.05) is 6.54 Å². The van der Waals surface area contributed by atoms with Crippen LogP contribution in [0.5, 0.6) is 0 Å². The zero-order valence-electron chi connectivity index (χ0n) is 9.98. The largest absolute Gasteiger partial charge is 0.478 e. The molecule has 0 aliphatic carbocycles. The molecule has 0 saturated heterocycles. The van der Waals surface area contributed by atoms with Crippen LogP contribution in [0.2, 0.25) is 0 Å². The molecule has 0 bridgehead atoms. The maximum absolute atomic E-state index is 11.2. The van der Waals surface area contributed by atoms with Crippen molar-refractivity contribution < 1.29 is 9.90 Å². The van der Waals surface area contributed by atoms with Crippen LogP contribution in [0.3, 0.4) is 0 Å². The molecule has 0 aliphatic rings. The van der Waals surface area contributed by atoms with Gasteiger partial charge >= 0.3 is 5.97 Å². The van der Waals surface area contributed by atoms with Crippen LogP contribution in [-0.4, -0.2) is 26.1 Å². The van der Waals surface area contributed by atoms with Crippen molar-refractivity contribution in [3.63, 3.8) is 0 Å². The predicted molar refractivity (Wildman–Crippen MR) is 72.5 cm³/mol. The van der Waals surface area contributed by atoms with Gasteiger partial charge in [-0.3, -0.25) is 0 Å². The van der Waals surface area contributed by atoms with E-state index < -0.39 is 5.97 Å². The first-order chi connectivity index (χ1) is 9.25. The molecule has 0 fully saturated rings. The van der Waals surface area contributed by atoms with E-state index in [1.165, 1.54) is 5.56 Å². The van der Waals surface area contributed by atoms with Crippen LogP contribution in [0.1, 0.15) is 15.9 Å². The molecule has 0 atom stereocenters. The van der Waals surface area contributed by atoms with Crippen molar-refractivity contribution in [2.45, 2.75) is 13.0 Å². The van der Waals surface area contributed by atoms with E-state index in [0.717, 1.165) is 6.42 Å². The molecule has 6 heteroatoms. The number of hydrogen-bond donors (Lipinski definition) is 1. The van der Waals surface area contributed by atoms with Crippen LogP contribution in [0.15, 0.2) is 35.0 Å². The Kier molecular flexibility index (Phi) is 3.00. The van der Waals surface area contributed by atoms with E-state index in [0.29, 0.717) is 17.6 Å². The highest BCUT2D eigenvalue weighted by Crippen LogP contribution is 2.17. The Morgan fingerprint density at radius 3 is 3.00 bits per heavy atom. The van der Waals surface area contributed by atoms with E-state index in [4.69, 9.17) is 0 Å². The third-order valence-electron chi connectivity index (χ3n) is 2.96. The van der Waals surface area contributed by atoms with Gasteiger partial charge in [-0.25, -0.2) is 9.48 Å². The number of para-hydroxylation sites is 1. The van der Waals surface area contributed by atoms with E-state index in [2.05, 4.69) is 21.8 Å². The first-order valence-electron chi connectivity index (χ1n) is 5.82. The molecule has 19 heavy (non-hydrogen) atoms. The Morgan fingerprint density at radius 2 is 2.26 bits per heavy atom. The molecule has 0 aliphatic heterocycles. The first kappa shape index (κ1) is 11.9. The summed E-state index contributed by atoms with van der Waals surface area (Å²) in [6.45, 7) is 0.623. The summed E-state index contributed by atoms with van der Waals surface area (Å²) in [7, 11) is 0. The van der Waals surface area contributed by atoms with Gasteiger partial charge in [0.05, 0.1) is 5.56 Å². The molecule has 3 rings (SSSR count). The van der Waals surface area contributed by atoms with E-state index in [-0.39, 0.29) is 5.56 Å². The van der Waals surface area contributed by atoms with Gasteiger partial charge in [-0.05, 0) is 40.9 Å². The number of nitrogens with zero attached hydrogens (tertiary/aromatic N) is 3. The summed E-state index contributed by atoms with van der Waals surface area (Å²) in [6, 6.07) is 7.09. The molecule has 0 spiro atoms. The lowest BCUT2D eigenvalue weighted by atomic mass is 10.2. The molecule has 1 N–H and O–H groups in total. The number of aryl methyl sites for hydroxylation is 2. The van der Waals surface area contributed by atoms with Gasteiger partial charge in [-0.15, -0.1) is 5.10 Å². The molecule has 3 aromatic rings.